The summed E-state index contributed by atoms with van der Waals surface area (Å²) in [5.41, 5.74) is 1.56. The molecule has 1 saturated heterocycles. The molecule has 4 rings (SSSR count). The Balaban J connectivity index is 1.72. The third-order valence-electron chi connectivity index (χ3n) is 5.29. The summed E-state index contributed by atoms with van der Waals surface area (Å²) in [6, 6.07) is 12.3. The van der Waals surface area contributed by atoms with Gasteiger partial charge in [-0.1, -0.05) is 12.1 Å². The predicted molar refractivity (Wildman–Crippen MR) is 97.9 cm³/mol. The van der Waals surface area contributed by atoms with E-state index in [1.807, 2.05) is 19.1 Å². The topological polar surface area (TPSA) is 75.7 Å². The number of rotatable bonds is 3. The van der Waals surface area contributed by atoms with Crippen LogP contribution < -0.4 is 10.1 Å². The molecule has 0 radical (unpaired) electrons. The lowest BCUT2D eigenvalue weighted by Crippen LogP contribution is -2.39. The number of aryl methyl sites for hydroxylation is 1. The molecule has 0 unspecified atom stereocenters. The molecule has 1 N–H and O–H groups in total. The number of benzene rings is 2. The van der Waals surface area contributed by atoms with E-state index in [0.29, 0.717) is 18.7 Å². The highest BCUT2D eigenvalue weighted by Gasteiger charge is 2.53. The molecule has 7 heteroatoms. The Hall–Kier alpha value is -2.38. The molecule has 1 spiro atoms. The van der Waals surface area contributed by atoms with Gasteiger partial charge in [0.15, 0.2) is 0 Å². The maximum absolute atomic E-state index is 13.0. The minimum atomic E-state index is -3.64. The molecule has 1 atom stereocenters. The van der Waals surface area contributed by atoms with Gasteiger partial charge in [0.25, 0.3) is 0 Å². The van der Waals surface area contributed by atoms with Crippen molar-refractivity contribution in [3.8, 4) is 5.75 Å². The normalized spacial score (nSPS) is 22.5. The van der Waals surface area contributed by atoms with E-state index in [1.54, 1.807) is 37.4 Å². The van der Waals surface area contributed by atoms with Crippen LogP contribution in [-0.4, -0.2) is 38.8 Å². The Morgan fingerprint density at radius 3 is 2.73 bits per heavy atom. The van der Waals surface area contributed by atoms with E-state index >= 15 is 0 Å². The number of amides is 1. The van der Waals surface area contributed by atoms with Gasteiger partial charge in [-0.3, -0.25) is 4.79 Å². The summed E-state index contributed by atoms with van der Waals surface area (Å²) in [6.07, 6.45) is 0.448. The number of nitrogens with one attached hydrogen (secondary N) is 1. The summed E-state index contributed by atoms with van der Waals surface area (Å²) in [4.78, 5) is 13.0. The minimum absolute atomic E-state index is 0.134. The Bertz CT molecular complexity index is 1000. The number of carbonyl (C=O) groups is 1. The van der Waals surface area contributed by atoms with Crippen LogP contribution in [0.15, 0.2) is 47.4 Å². The lowest BCUT2D eigenvalue weighted by Gasteiger charge is -2.23. The van der Waals surface area contributed by atoms with Crippen molar-refractivity contribution in [2.75, 3.05) is 25.5 Å². The summed E-state index contributed by atoms with van der Waals surface area (Å²) in [6.45, 7) is 2.30. The second kappa shape index (κ2) is 5.82. The fourth-order valence-corrected chi connectivity index (χ4v) is 5.43. The first-order valence-corrected chi connectivity index (χ1v) is 9.88. The van der Waals surface area contributed by atoms with Crippen molar-refractivity contribution in [2.24, 2.45) is 0 Å². The fraction of sp³-hybridized carbons (Fsp3) is 0.316. The monoisotopic (exact) mass is 372 g/mol. The number of fused-ring (bicyclic) bond motifs is 2. The van der Waals surface area contributed by atoms with Gasteiger partial charge in [-0.2, -0.15) is 4.31 Å². The first-order valence-electron chi connectivity index (χ1n) is 8.44. The molecule has 26 heavy (non-hydrogen) atoms. The molecule has 2 aliphatic rings. The van der Waals surface area contributed by atoms with Crippen molar-refractivity contribution < 1.29 is 17.9 Å². The van der Waals surface area contributed by atoms with Crippen LogP contribution >= 0.6 is 0 Å². The van der Waals surface area contributed by atoms with Gasteiger partial charge in [0.2, 0.25) is 15.9 Å². The molecule has 0 aromatic heterocycles. The number of hydrogen-bond acceptors (Lipinski definition) is 4. The number of nitrogens with zero attached hydrogens (tertiary/aromatic N) is 1. The quantitative estimate of drug-likeness (QED) is 0.897. The van der Waals surface area contributed by atoms with E-state index < -0.39 is 15.4 Å². The minimum Gasteiger partial charge on any atom is -0.497 e. The predicted octanol–water partition coefficient (Wildman–Crippen LogP) is 2.29. The molecule has 0 saturated carbocycles. The van der Waals surface area contributed by atoms with Gasteiger partial charge in [-0.25, -0.2) is 8.42 Å². The SMILES string of the molecule is COc1ccc2c(c1)[C@]1(CCN(S(=O)(=O)c3cccc(C)c3)C1)C(=O)N2. The highest BCUT2D eigenvalue weighted by Crippen LogP contribution is 2.46. The van der Waals surface area contributed by atoms with Crippen LogP contribution in [0.5, 0.6) is 5.75 Å². The summed E-state index contributed by atoms with van der Waals surface area (Å²) >= 11 is 0. The van der Waals surface area contributed by atoms with Gasteiger partial charge >= 0.3 is 0 Å². The average Bonchev–Trinajstić information content (AvgIpc) is 3.19. The van der Waals surface area contributed by atoms with Crippen LogP contribution in [0.25, 0.3) is 0 Å². The van der Waals surface area contributed by atoms with Crippen molar-refractivity contribution >= 4 is 21.6 Å². The lowest BCUT2D eigenvalue weighted by atomic mass is 9.81. The second-order valence-corrected chi connectivity index (χ2v) is 8.79. The molecule has 0 aliphatic carbocycles. The second-order valence-electron chi connectivity index (χ2n) is 6.85. The van der Waals surface area contributed by atoms with Gasteiger partial charge < -0.3 is 10.1 Å². The summed E-state index contributed by atoms with van der Waals surface area (Å²) in [5, 5.41) is 2.89. The number of sulfonamides is 1. The highest BCUT2D eigenvalue weighted by molar-refractivity contribution is 7.89. The molecular weight excluding hydrogens is 352 g/mol. The van der Waals surface area contributed by atoms with E-state index in [9.17, 15) is 13.2 Å². The number of anilines is 1. The zero-order chi connectivity index (χ0) is 18.5. The summed E-state index contributed by atoms with van der Waals surface area (Å²) in [7, 11) is -2.07. The number of ether oxygens (including phenoxy) is 1. The number of hydrogen-bond donors (Lipinski definition) is 1. The Morgan fingerprint density at radius 2 is 2.00 bits per heavy atom. The molecule has 6 nitrogen and oxygen atoms in total. The van der Waals surface area contributed by atoms with Crippen molar-refractivity contribution in [3.63, 3.8) is 0 Å². The molecule has 1 fully saturated rings. The standard InChI is InChI=1S/C19H20N2O4S/c1-13-4-3-5-15(10-13)26(23,24)21-9-8-19(12-21)16-11-14(25-2)6-7-17(16)20-18(19)22/h3-7,10-11H,8-9,12H2,1-2H3,(H,20,22)/t19-/m1/s1. The summed E-state index contributed by atoms with van der Waals surface area (Å²) in [5.74, 6) is 0.502. The van der Waals surface area contributed by atoms with Crippen molar-refractivity contribution in [2.45, 2.75) is 23.7 Å². The van der Waals surface area contributed by atoms with Crippen molar-refractivity contribution in [3.05, 3.63) is 53.6 Å². The molecule has 0 bridgehead atoms. The number of methoxy groups -OCH3 is 1. The van der Waals surface area contributed by atoms with Gasteiger partial charge in [-0.15, -0.1) is 0 Å². The zero-order valence-corrected chi connectivity index (χ0v) is 15.5. The maximum atomic E-state index is 13.0. The van der Waals surface area contributed by atoms with Crippen LogP contribution in [0.3, 0.4) is 0 Å². The van der Waals surface area contributed by atoms with E-state index in [4.69, 9.17) is 4.74 Å². The maximum Gasteiger partial charge on any atom is 0.243 e. The largest absolute Gasteiger partial charge is 0.497 e. The smallest absolute Gasteiger partial charge is 0.243 e. The van der Waals surface area contributed by atoms with Crippen LogP contribution in [0.4, 0.5) is 5.69 Å². The molecule has 2 heterocycles. The average molecular weight is 372 g/mol. The Morgan fingerprint density at radius 1 is 1.19 bits per heavy atom. The van der Waals surface area contributed by atoms with Crippen molar-refractivity contribution in [1.29, 1.82) is 0 Å². The van der Waals surface area contributed by atoms with Crippen molar-refractivity contribution in [1.82, 2.24) is 4.31 Å². The molecule has 2 aliphatic heterocycles. The first-order chi connectivity index (χ1) is 12.4. The van der Waals surface area contributed by atoms with Crippen LogP contribution in [-0.2, 0) is 20.2 Å². The van der Waals surface area contributed by atoms with E-state index in [2.05, 4.69) is 5.32 Å². The lowest BCUT2D eigenvalue weighted by molar-refractivity contribution is -0.120. The molecule has 2 aromatic rings. The molecular formula is C19H20N2O4S. The first kappa shape index (κ1) is 17.1. The Kier molecular flexibility index (Phi) is 3.82. The van der Waals surface area contributed by atoms with Gasteiger partial charge in [0, 0.05) is 18.8 Å². The van der Waals surface area contributed by atoms with Crippen LogP contribution in [0.1, 0.15) is 17.5 Å². The summed E-state index contributed by atoms with van der Waals surface area (Å²) < 4.78 is 32.8. The van der Waals surface area contributed by atoms with Crippen LogP contribution in [0.2, 0.25) is 0 Å². The highest BCUT2D eigenvalue weighted by atomic mass is 32.2. The Labute approximate surface area is 152 Å². The molecule has 136 valence electrons. The third-order valence-corrected chi connectivity index (χ3v) is 7.13. The van der Waals surface area contributed by atoms with Crippen LogP contribution in [0, 0.1) is 6.92 Å². The third kappa shape index (κ3) is 2.42. The molecule has 1 amide bonds. The van der Waals surface area contributed by atoms with Gasteiger partial charge in [0.1, 0.15) is 5.75 Å². The van der Waals surface area contributed by atoms with E-state index in [1.165, 1.54) is 4.31 Å². The zero-order valence-electron chi connectivity index (χ0n) is 14.7. The van der Waals surface area contributed by atoms with Gasteiger partial charge in [0.05, 0.1) is 17.4 Å². The fourth-order valence-electron chi connectivity index (χ4n) is 3.83. The van der Waals surface area contributed by atoms with E-state index in [-0.39, 0.29) is 17.3 Å². The molecule has 2 aromatic carbocycles. The number of carbonyl (C=O) groups excluding carboxylic acids is 1. The van der Waals surface area contributed by atoms with E-state index in [0.717, 1.165) is 16.8 Å². The van der Waals surface area contributed by atoms with Gasteiger partial charge in [-0.05, 0) is 54.8 Å².